The van der Waals surface area contributed by atoms with Gasteiger partial charge in [0.2, 0.25) is 5.91 Å². The van der Waals surface area contributed by atoms with E-state index in [1.165, 1.54) is 0 Å². The molecule has 0 saturated carbocycles. The van der Waals surface area contributed by atoms with E-state index >= 15 is 0 Å². The number of carbonyl (C=O) groups excluding carboxylic acids is 2. The highest BCUT2D eigenvalue weighted by atomic mass is 32.2. The molecule has 0 aliphatic carbocycles. The average molecular weight is 439 g/mol. The van der Waals surface area contributed by atoms with Gasteiger partial charge in [-0.25, -0.2) is 0 Å². The fourth-order valence-electron chi connectivity index (χ4n) is 4.42. The van der Waals surface area contributed by atoms with Crippen molar-refractivity contribution in [2.75, 3.05) is 6.61 Å². The number of nitrogens with zero attached hydrogens (tertiary/aromatic N) is 4. The fourth-order valence-corrected chi connectivity index (χ4v) is 6.05. The summed E-state index contributed by atoms with van der Waals surface area (Å²) in [6, 6.07) is 10.4. The molecule has 10 heteroatoms. The summed E-state index contributed by atoms with van der Waals surface area (Å²) >= 11 is 1.63. The SMILES string of the molecule is CCOc1ccc2ccccc2c1C(=O)NC1C(=O)N2C(c3nn[nH]n3)C(C)(C)S[C@@H]12. The molecule has 31 heavy (non-hydrogen) atoms. The van der Waals surface area contributed by atoms with E-state index in [1.54, 1.807) is 22.7 Å². The first kappa shape index (κ1) is 19.8. The zero-order valence-electron chi connectivity index (χ0n) is 17.3. The van der Waals surface area contributed by atoms with E-state index in [0.29, 0.717) is 23.7 Å². The Kier molecular flexibility index (Phi) is 4.62. The molecule has 2 saturated heterocycles. The smallest absolute Gasteiger partial charge is 0.256 e. The minimum atomic E-state index is -0.623. The van der Waals surface area contributed by atoms with Crippen LogP contribution in [0.3, 0.4) is 0 Å². The molecule has 2 aliphatic heterocycles. The average Bonchev–Trinajstić information content (AvgIpc) is 3.36. The number of aromatic amines is 1. The summed E-state index contributed by atoms with van der Waals surface area (Å²) < 4.78 is 5.40. The molecule has 0 radical (unpaired) electrons. The number of benzene rings is 2. The first-order valence-corrected chi connectivity index (χ1v) is 11.0. The van der Waals surface area contributed by atoms with Gasteiger partial charge in [0.15, 0.2) is 5.82 Å². The molecule has 3 atom stereocenters. The van der Waals surface area contributed by atoms with Crippen LogP contribution < -0.4 is 10.1 Å². The van der Waals surface area contributed by atoms with Gasteiger partial charge in [0.1, 0.15) is 23.2 Å². The summed E-state index contributed by atoms with van der Waals surface area (Å²) in [6.45, 7) is 6.40. The zero-order chi connectivity index (χ0) is 21.8. The molecule has 5 rings (SSSR count). The molecule has 9 nitrogen and oxygen atoms in total. The van der Waals surface area contributed by atoms with Gasteiger partial charge in [-0.05, 0) is 37.6 Å². The number of tetrazole rings is 1. The number of rotatable bonds is 5. The van der Waals surface area contributed by atoms with Crippen molar-refractivity contribution in [1.29, 1.82) is 0 Å². The number of hydrogen-bond acceptors (Lipinski definition) is 7. The molecule has 3 aromatic rings. The van der Waals surface area contributed by atoms with Crippen molar-refractivity contribution in [1.82, 2.24) is 30.8 Å². The maximum atomic E-state index is 13.4. The van der Waals surface area contributed by atoms with Crippen LogP contribution in [0.4, 0.5) is 0 Å². The fraction of sp³-hybridized carbons (Fsp3) is 0.381. The largest absolute Gasteiger partial charge is 0.493 e. The lowest BCUT2D eigenvalue weighted by molar-refractivity contribution is -0.148. The van der Waals surface area contributed by atoms with Crippen LogP contribution in [-0.4, -0.2) is 60.1 Å². The maximum absolute atomic E-state index is 13.4. The van der Waals surface area contributed by atoms with Gasteiger partial charge in [-0.2, -0.15) is 5.21 Å². The third kappa shape index (κ3) is 3.04. The number of thioether (sulfide) groups is 1. The van der Waals surface area contributed by atoms with Crippen molar-refractivity contribution in [2.24, 2.45) is 0 Å². The molecular weight excluding hydrogens is 416 g/mol. The van der Waals surface area contributed by atoms with Gasteiger partial charge < -0.3 is 15.0 Å². The van der Waals surface area contributed by atoms with E-state index in [1.807, 2.05) is 51.1 Å². The number of carbonyl (C=O) groups is 2. The van der Waals surface area contributed by atoms with Crippen molar-refractivity contribution < 1.29 is 14.3 Å². The van der Waals surface area contributed by atoms with Gasteiger partial charge in [0.05, 0.1) is 12.2 Å². The van der Waals surface area contributed by atoms with E-state index < -0.39 is 6.04 Å². The van der Waals surface area contributed by atoms with E-state index in [-0.39, 0.29) is 28.0 Å². The minimum absolute atomic E-state index is 0.149. The number of aromatic nitrogens is 4. The van der Waals surface area contributed by atoms with Gasteiger partial charge >= 0.3 is 0 Å². The van der Waals surface area contributed by atoms with Gasteiger partial charge in [0.25, 0.3) is 5.91 Å². The van der Waals surface area contributed by atoms with Crippen LogP contribution in [0.2, 0.25) is 0 Å². The number of β-lactam (4-membered cyclic amide) rings is 1. The number of nitrogens with one attached hydrogen (secondary N) is 2. The van der Waals surface area contributed by atoms with Gasteiger partial charge in [-0.3, -0.25) is 9.59 Å². The molecule has 3 heterocycles. The molecule has 0 bridgehead atoms. The second-order valence-corrected chi connectivity index (χ2v) is 9.84. The monoisotopic (exact) mass is 438 g/mol. The molecule has 2 unspecified atom stereocenters. The highest BCUT2D eigenvalue weighted by Gasteiger charge is 2.63. The predicted molar refractivity (Wildman–Crippen MR) is 116 cm³/mol. The quantitative estimate of drug-likeness (QED) is 0.588. The normalized spacial score (nSPS) is 24.0. The van der Waals surface area contributed by atoms with Crippen LogP contribution in [0.1, 0.15) is 43.0 Å². The zero-order valence-corrected chi connectivity index (χ0v) is 18.1. The lowest BCUT2D eigenvalue weighted by atomic mass is 9.95. The Hall–Kier alpha value is -3.14. The first-order valence-electron chi connectivity index (χ1n) is 10.1. The number of amides is 2. The Bertz CT molecular complexity index is 1170. The number of hydrogen-bond donors (Lipinski definition) is 2. The van der Waals surface area contributed by atoms with Gasteiger partial charge in [0, 0.05) is 4.75 Å². The Morgan fingerprint density at radius 1 is 1.29 bits per heavy atom. The van der Waals surface area contributed by atoms with E-state index in [9.17, 15) is 9.59 Å². The van der Waals surface area contributed by atoms with Gasteiger partial charge in [-0.1, -0.05) is 35.5 Å². The summed E-state index contributed by atoms with van der Waals surface area (Å²) in [5, 5.41) is 18.8. The molecular formula is C21H22N6O3S. The summed E-state index contributed by atoms with van der Waals surface area (Å²) in [7, 11) is 0. The topological polar surface area (TPSA) is 113 Å². The number of ether oxygens (including phenoxy) is 1. The van der Waals surface area contributed by atoms with Crippen molar-refractivity contribution in [3.63, 3.8) is 0 Å². The van der Waals surface area contributed by atoms with E-state index in [4.69, 9.17) is 4.74 Å². The third-order valence-electron chi connectivity index (χ3n) is 5.75. The maximum Gasteiger partial charge on any atom is 0.256 e. The summed E-state index contributed by atoms with van der Waals surface area (Å²) in [4.78, 5) is 28.2. The second kappa shape index (κ2) is 7.23. The first-order chi connectivity index (χ1) is 14.9. The third-order valence-corrected chi connectivity index (χ3v) is 7.32. The molecule has 2 aromatic carbocycles. The van der Waals surface area contributed by atoms with Gasteiger partial charge in [-0.15, -0.1) is 22.0 Å². The van der Waals surface area contributed by atoms with Crippen LogP contribution in [0.25, 0.3) is 10.8 Å². The van der Waals surface area contributed by atoms with Crippen LogP contribution in [0.5, 0.6) is 5.75 Å². The summed E-state index contributed by atoms with van der Waals surface area (Å²) in [5.41, 5.74) is 0.447. The lowest BCUT2D eigenvalue weighted by Crippen LogP contribution is -2.67. The highest BCUT2D eigenvalue weighted by Crippen LogP contribution is 2.56. The molecule has 1 aromatic heterocycles. The van der Waals surface area contributed by atoms with E-state index in [0.717, 1.165) is 10.8 Å². The standard InChI is InChI=1S/C21H22N6O3S/c1-4-30-13-10-9-11-7-5-6-8-12(11)14(13)18(28)22-15-19(29)27-16(17-23-25-26-24-17)21(2,3)31-20(15)27/h5-10,15-16,20H,4H2,1-3H3,(H,22,28)(H,23,24,25,26)/t15?,16?,20-/m0/s1. The summed E-state index contributed by atoms with van der Waals surface area (Å²) in [6.07, 6.45) is 0. The Morgan fingerprint density at radius 3 is 2.84 bits per heavy atom. The van der Waals surface area contributed by atoms with Crippen LogP contribution in [0.15, 0.2) is 36.4 Å². The van der Waals surface area contributed by atoms with Crippen molar-refractivity contribution in [3.8, 4) is 5.75 Å². The molecule has 2 amide bonds. The van der Waals surface area contributed by atoms with Crippen molar-refractivity contribution in [2.45, 2.75) is 43.0 Å². The molecule has 2 fully saturated rings. The van der Waals surface area contributed by atoms with Crippen molar-refractivity contribution >= 4 is 34.3 Å². The summed E-state index contributed by atoms with van der Waals surface area (Å²) in [5.74, 6) is 0.515. The number of fused-ring (bicyclic) bond motifs is 2. The van der Waals surface area contributed by atoms with E-state index in [2.05, 4.69) is 25.9 Å². The van der Waals surface area contributed by atoms with Crippen LogP contribution in [0, 0.1) is 0 Å². The highest BCUT2D eigenvalue weighted by molar-refractivity contribution is 8.01. The molecule has 0 spiro atoms. The number of H-pyrrole nitrogens is 1. The lowest BCUT2D eigenvalue weighted by Gasteiger charge is -2.44. The van der Waals surface area contributed by atoms with Crippen LogP contribution in [-0.2, 0) is 4.79 Å². The predicted octanol–water partition coefficient (Wildman–Crippen LogP) is 2.29. The molecule has 160 valence electrons. The second-order valence-electron chi connectivity index (χ2n) is 8.07. The molecule has 2 N–H and O–H groups in total. The minimum Gasteiger partial charge on any atom is -0.493 e. The van der Waals surface area contributed by atoms with Crippen LogP contribution >= 0.6 is 11.8 Å². The Labute approximate surface area is 182 Å². The molecule has 2 aliphatic rings. The Morgan fingerprint density at radius 2 is 2.10 bits per heavy atom. The van der Waals surface area contributed by atoms with Crippen molar-refractivity contribution in [3.05, 3.63) is 47.8 Å². The Balaban J connectivity index is 1.44.